The van der Waals surface area contributed by atoms with Crippen LogP contribution in [0.2, 0.25) is 0 Å². The summed E-state index contributed by atoms with van der Waals surface area (Å²) in [7, 11) is 0. The van der Waals surface area contributed by atoms with Crippen LogP contribution in [0.25, 0.3) is 0 Å². The molecule has 4 saturated carbocycles. The lowest BCUT2D eigenvalue weighted by Gasteiger charge is -2.64. The Hall–Kier alpha value is -0.810. The van der Waals surface area contributed by atoms with Gasteiger partial charge >= 0.3 is 6.09 Å². The number of fused-ring (bicyclic) bond motifs is 5. The first-order valence-electron chi connectivity index (χ1n) is 15.5. The van der Waals surface area contributed by atoms with E-state index in [0.29, 0.717) is 48.0 Å². The third-order valence-electron chi connectivity index (χ3n) is 12.6. The molecule has 2 N–H and O–H groups in total. The molecular weight excluding hydrogens is 450 g/mol. The van der Waals surface area contributed by atoms with Crippen LogP contribution in [0.1, 0.15) is 105 Å². The summed E-state index contributed by atoms with van der Waals surface area (Å²) in [6, 6.07) is 0. The number of likely N-dealkylation sites (tertiary alicyclic amines) is 1. The maximum atomic E-state index is 12.5. The maximum absolute atomic E-state index is 12.5. The van der Waals surface area contributed by atoms with E-state index in [1.807, 2.05) is 4.90 Å². The lowest BCUT2D eigenvalue weighted by Crippen LogP contribution is -2.62. The summed E-state index contributed by atoms with van der Waals surface area (Å²) in [6.45, 7) is 11.9. The Morgan fingerprint density at radius 1 is 0.972 bits per heavy atom. The Morgan fingerprint density at radius 3 is 2.39 bits per heavy atom. The van der Waals surface area contributed by atoms with Crippen molar-refractivity contribution in [2.75, 3.05) is 19.7 Å². The molecule has 0 spiro atoms. The van der Waals surface area contributed by atoms with Gasteiger partial charge in [0.1, 0.15) is 0 Å². The zero-order valence-corrected chi connectivity index (χ0v) is 23.5. The molecule has 1 heterocycles. The minimum Gasteiger partial charge on any atom is -0.449 e. The van der Waals surface area contributed by atoms with E-state index in [4.69, 9.17) is 4.74 Å². The van der Waals surface area contributed by atoms with Gasteiger partial charge in [0.15, 0.2) is 0 Å². The first-order chi connectivity index (χ1) is 17.2. The van der Waals surface area contributed by atoms with E-state index in [2.05, 4.69) is 27.7 Å². The average Bonchev–Trinajstić information content (AvgIpc) is 3.23. The lowest BCUT2D eigenvalue weighted by molar-refractivity contribution is -0.203. The third-order valence-corrected chi connectivity index (χ3v) is 12.6. The van der Waals surface area contributed by atoms with Crippen LogP contribution in [-0.4, -0.2) is 53.1 Å². The van der Waals surface area contributed by atoms with Crippen molar-refractivity contribution in [2.24, 2.45) is 52.3 Å². The summed E-state index contributed by atoms with van der Waals surface area (Å²) in [6.07, 6.45) is 12.7. The summed E-state index contributed by atoms with van der Waals surface area (Å²) in [5, 5.41) is 22.4. The summed E-state index contributed by atoms with van der Waals surface area (Å²) < 4.78 is 5.72. The summed E-state index contributed by atoms with van der Waals surface area (Å²) in [4.78, 5) is 14.4. The minimum absolute atomic E-state index is 0.116. The Morgan fingerprint density at radius 2 is 1.67 bits per heavy atom. The largest absolute Gasteiger partial charge is 0.449 e. The van der Waals surface area contributed by atoms with Gasteiger partial charge in [0.25, 0.3) is 0 Å². The highest BCUT2D eigenvalue weighted by Crippen LogP contribution is 2.69. The Labute approximate surface area is 219 Å². The van der Waals surface area contributed by atoms with Crippen LogP contribution >= 0.6 is 0 Å². The molecule has 1 aliphatic heterocycles. The van der Waals surface area contributed by atoms with Gasteiger partial charge in [0, 0.05) is 13.1 Å². The lowest BCUT2D eigenvalue weighted by atomic mass is 9.41. The summed E-state index contributed by atoms with van der Waals surface area (Å²) in [5.74, 6) is 3.53. The number of piperidine rings is 1. The molecule has 5 heteroatoms. The summed E-state index contributed by atoms with van der Waals surface area (Å²) in [5.41, 5.74) is 0.533. The number of hydrogen-bond donors (Lipinski definition) is 2. The SMILES string of the molecule is CC[C@H]1[C@@H](O)C2[C@H](CC[C@]3(C)[C@@H]([C@H](C)CCOC(=O)N4CCCCC4)CC[C@@H]23)C2(C)CC[C@@H](O)C[C@@H]12. The van der Waals surface area contributed by atoms with Gasteiger partial charge in [-0.2, -0.15) is 0 Å². The van der Waals surface area contributed by atoms with Crippen molar-refractivity contribution < 1.29 is 19.7 Å². The first kappa shape index (κ1) is 26.8. The van der Waals surface area contributed by atoms with Gasteiger partial charge in [-0.15, -0.1) is 0 Å². The molecule has 0 aromatic carbocycles. The average molecular weight is 504 g/mol. The fourth-order valence-corrected chi connectivity index (χ4v) is 10.6. The number of amides is 1. The third kappa shape index (κ3) is 4.42. The number of nitrogens with zero attached hydrogens (tertiary/aromatic N) is 1. The molecule has 0 aromatic heterocycles. The molecule has 0 bridgehead atoms. The van der Waals surface area contributed by atoms with Crippen molar-refractivity contribution in [3.05, 3.63) is 0 Å². The molecule has 0 radical (unpaired) electrons. The van der Waals surface area contributed by atoms with E-state index in [1.54, 1.807) is 0 Å². The van der Waals surface area contributed by atoms with E-state index in [1.165, 1.54) is 32.1 Å². The number of aliphatic hydroxyl groups excluding tert-OH is 2. The topological polar surface area (TPSA) is 70.0 Å². The zero-order chi connectivity index (χ0) is 25.7. The van der Waals surface area contributed by atoms with Crippen LogP contribution in [0, 0.1) is 52.3 Å². The van der Waals surface area contributed by atoms with Crippen LogP contribution < -0.4 is 0 Å². The van der Waals surface area contributed by atoms with Crippen molar-refractivity contribution in [2.45, 2.75) is 117 Å². The molecule has 4 aliphatic carbocycles. The number of carbonyl (C=O) groups excluding carboxylic acids is 1. The van der Waals surface area contributed by atoms with Crippen LogP contribution in [-0.2, 0) is 4.74 Å². The summed E-state index contributed by atoms with van der Waals surface area (Å²) >= 11 is 0. The van der Waals surface area contributed by atoms with Crippen molar-refractivity contribution in [1.29, 1.82) is 0 Å². The normalized spacial score (nSPS) is 47.4. The number of rotatable bonds is 5. The first-order valence-corrected chi connectivity index (χ1v) is 15.5. The van der Waals surface area contributed by atoms with Gasteiger partial charge in [-0.05, 0) is 123 Å². The Balaban J connectivity index is 1.26. The fourth-order valence-electron chi connectivity index (χ4n) is 10.6. The van der Waals surface area contributed by atoms with Crippen LogP contribution in [0.4, 0.5) is 4.79 Å². The highest BCUT2D eigenvalue weighted by Gasteiger charge is 2.64. The maximum Gasteiger partial charge on any atom is 0.409 e. The molecule has 5 rings (SSSR count). The standard InChI is InChI=1S/C31H53NO4/c1-5-22-26-19-21(33)11-14-31(26,4)25-12-15-30(3)23(9-10-24(30)27(25)28(22)34)20(2)13-18-36-29(35)32-16-7-6-8-17-32/h20-28,33-34H,5-19H2,1-4H3/t20-,21-,22-,23-,24+,25+,26+,27?,28-,30-,31?/m1/s1. The number of carbonyl (C=O) groups is 1. The number of ether oxygens (including phenoxy) is 1. The molecule has 36 heavy (non-hydrogen) atoms. The molecule has 1 saturated heterocycles. The highest BCUT2D eigenvalue weighted by molar-refractivity contribution is 5.67. The van der Waals surface area contributed by atoms with Crippen molar-refractivity contribution in [3.8, 4) is 0 Å². The Bertz CT molecular complexity index is 783. The zero-order valence-electron chi connectivity index (χ0n) is 23.5. The molecule has 11 atom stereocenters. The second kappa shape index (κ2) is 10.4. The fraction of sp³-hybridized carbons (Fsp3) is 0.968. The molecule has 5 nitrogen and oxygen atoms in total. The van der Waals surface area contributed by atoms with Crippen molar-refractivity contribution in [1.82, 2.24) is 4.90 Å². The second-order valence-electron chi connectivity index (χ2n) is 14.0. The predicted octanol–water partition coefficient (Wildman–Crippen LogP) is 6.26. The van der Waals surface area contributed by atoms with Gasteiger partial charge in [-0.25, -0.2) is 4.79 Å². The molecule has 2 unspecified atom stereocenters. The predicted molar refractivity (Wildman–Crippen MR) is 142 cm³/mol. The monoisotopic (exact) mass is 503 g/mol. The molecule has 5 fully saturated rings. The minimum atomic E-state index is -0.229. The van der Waals surface area contributed by atoms with Gasteiger partial charge < -0.3 is 19.8 Å². The molecule has 206 valence electrons. The highest BCUT2D eigenvalue weighted by atomic mass is 16.6. The van der Waals surface area contributed by atoms with E-state index in [9.17, 15) is 15.0 Å². The molecule has 5 aliphatic rings. The Kier molecular flexibility index (Phi) is 7.73. The smallest absolute Gasteiger partial charge is 0.409 e. The van der Waals surface area contributed by atoms with Gasteiger partial charge in [0.2, 0.25) is 0 Å². The number of hydrogen-bond acceptors (Lipinski definition) is 4. The van der Waals surface area contributed by atoms with Crippen LogP contribution in [0.15, 0.2) is 0 Å². The second-order valence-corrected chi connectivity index (χ2v) is 14.0. The quantitative estimate of drug-likeness (QED) is 0.464. The van der Waals surface area contributed by atoms with Crippen molar-refractivity contribution >= 4 is 6.09 Å². The van der Waals surface area contributed by atoms with Crippen molar-refractivity contribution in [3.63, 3.8) is 0 Å². The van der Waals surface area contributed by atoms with Crippen LogP contribution in [0.5, 0.6) is 0 Å². The van der Waals surface area contributed by atoms with E-state index < -0.39 is 0 Å². The number of aliphatic hydroxyl groups is 2. The van der Waals surface area contributed by atoms with Gasteiger partial charge in [-0.3, -0.25) is 0 Å². The molecule has 1 amide bonds. The molecule has 0 aromatic rings. The van der Waals surface area contributed by atoms with E-state index in [-0.39, 0.29) is 29.1 Å². The van der Waals surface area contributed by atoms with Crippen LogP contribution in [0.3, 0.4) is 0 Å². The van der Waals surface area contributed by atoms with Gasteiger partial charge in [-0.1, -0.05) is 34.1 Å². The van der Waals surface area contributed by atoms with E-state index in [0.717, 1.165) is 58.0 Å². The van der Waals surface area contributed by atoms with E-state index >= 15 is 0 Å². The van der Waals surface area contributed by atoms with Gasteiger partial charge in [0.05, 0.1) is 18.8 Å². The molecular formula is C31H53NO4.